The van der Waals surface area contributed by atoms with Crippen molar-refractivity contribution in [1.29, 1.82) is 0 Å². The highest BCUT2D eigenvalue weighted by atomic mass is 32.1. The standard InChI is InChI=1S/C13H22N2OS/c1-11(2)9-15(8-7-14(3)4)13-6-5-12(10-16)17-13/h5-6,10-11H,7-9H2,1-4H3. The average Bonchev–Trinajstić information content (AvgIpc) is 2.71. The molecule has 0 saturated carbocycles. The molecule has 17 heavy (non-hydrogen) atoms. The molecule has 0 aliphatic rings. The lowest BCUT2D eigenvalue weighted by Crippen LogP contribution is -2.33. The van der Waals surface area contributed by atoms with E-state index in [4.69, 9.17) is 0 Å². The lowest BCUT2D eigenvalue weighted by atomic mass is 10.2. The first kappa shape index (κ1) is 14.2. The number of thiophene rings is 1. The predicted octanol–water partition coefficient (Wildman–Crippen LogP) is 2.58. The predicted molar refractivity (Wildman–Crippen MR) is 75.3 cm³/mol. The van der Waals surface area contributed by atoms with Crippen molar-refractivity contribution in [2.75, 3.05) is 38.6 Å². The van der Waals surface area contributed by atoms with Gasteiger partial charge in [0.2, 0.25) is 0 Å². The van der Waals surface area contributed by atoms with E-state index < -0.39 is 0 Å². The lowest BCUT2D eigenvalue weighted by molar-refractivity contribution is 0.112. The molecule has 0 spiro atoms. The molecule has 0 N–H and O–H groups in total. The second kappa shape index (κ2) is 6.77. The normalized spacial score (nSPS) is 11.2. The maximum absolute atomic E-state index is 10.7. The summed E-state index contributed by atoms with van der Waals surface area (Å²) in [6.07, 6.45) is 0.924. The van der Waals surface area contributed by atoms with E-state index in [-0.39, 0.29) is 0 Å². The average molecular weight is 254 g/mol. The van der Waals surface area contributed by atoms with Crippen molar-refractivity contribution >= 4 is 22.6 Å². The van der Waals surface area contributed by atoms with Gasteiger partial charge in [-0.25, -0.2) is 0 Å². The summed E-state index contributed by atoms with van der Waals surface area (Å²) < 4.78 is 0. The van der Waals surface area contributed by atoms with E-state index in [1.165, 1.54) is 5.00 Å². The van der Waals surface area contributed by atoms with Crippen molar-refractivity contribution in [3.63, 3.8) is 0 Å². The van der Waals surface area contributed by atoms with E-state index in [0.29, 0.717) is 5.92 Å². The number of nitrogens with zero attached hydrogens (tertiary/aromatic N) is 2. The second-order valence-electron chi connectivity index (χ2n) is 4.94. The zero-order valence-corrected chi connectivity index (χ0v) is 12.0. The highest BCUT2D eigenvalue weighted by molar-refractivity contribution is 7.17. The van der Waals surface area contributed by atoms with Gasteiger partial charge in [0.05, 0.1) is 9.88 Å². The van der Waals surface area contributed by atoms with Crippen LogP contribution in [0, 0.1) is 5.92 Å². The van der Waals surface area contributed by atoms with Crippen LogP contribution in [0.15, 0.2) is 12.1 Å². The number of aldehydes is 1. The fourth-order valence-electron chi connectivity index (χ4n) is 1.63. The Labute approximate surface area is 108 Å². The summed E-state index contributed by atoms with van der Waals surface area (Å²) in [6, 6.07) is 3.95. The largest absolute Gasteiger partial charge is 0.362 e. The Hall–Kier alpha value is -0.870. The fraction of sp³-hybridized carbons (Fsp3) is 0.615. The Bertz CT molecular complexity index is 347. The molecule has 4 heteroatoms. The number of rotatable bonds is 7. The molecule has 0 saturated heterocycles. The minimum atomic E-state index is 0.624. The maximum Gasteiger partial charge on any atom is 0.160 e. The van der Waals surface area contributed by atoms with Gasteiger partial charge < -0.3 is 9.80 Å². The molecule has 0 unspecified atom stereocenters. The summed E-state index contributed by atoms with van der Waals surface area (Å²) in [5, 5.41) is 1.20. The third-order valence-corrected chi connectivity index (χ3v) is 3.51. The molecule has 0 atom stereocenters. The van der Waals surface area contributed by atoms with Gasteiger partial charge in [0, 0.05) is 19.6 Å². The van der Waals surface area contributed by atoms with Crippen LogP contribution in [0.5, 0.6) is 0 Å². The Morgan fingerprint density at radius 3 is 2.47 bits per heavy atom. The molecule has 1 aromatic heterocycles. The van der Waals surface area contributed by atoms with E-state index >= 15 is 0 Å². The molecule has 3 nitrogen and oxygen atoms in total. The van der Waals surface area contributed by atoms with Crippen molar-refractivity contribution in [1.82, 2.24) is 4.90 Å². The minimum absolute atomic E-state index is 0.624. The van der Waals surface area contributed by atoms with E-state index in [0.717, 1.165) is 30.8 Å². The first-order valence-corrected chi connectivity index (χ1v) is 6.79. The molecule has 1 heterocycles. The van der Waals surface area contributed by atoms with Gasteiger partial charge in [-0.2, -0.15) is 0 Å². The van der Waals surface area contributed by atoms with Crippen molar-refractivity contribution < 1.29 is 4.79 Å². The number of hydrogen-bond donors (Lipinski definition) is 0. The van der Waals surface area contributed by atoms with Crippen LogP contribution in [0.4, 0.5) is 5.00 Å². The molecular weight excluding hydrogens is 232 g/mol. The van der Waals surface area contributed by atoms with Gasteiger partial charge in [-0.15, -0.1) is 11.3 Å². The Morgan fingerprint density at radius 1 is 1.29 bits per heavy atom. The van der Waals surface area contributed by atoms with Gasteiger partial charge in [0.15, 0.2) is 6.29 Å². The van der Waals surface area contributed by atoms with E-state index in [1.54, 1.807) is 11.3 Å². The molecule has 0 fully saturated rings. The van der Waals surface area contributed by atoms with Crippen LogP contribution in [0.3, 0.4) is 0 Å². The molecule has 0 radical (unpaired) electrons. The molecule has 1 rings (SSSR count). The van der Waals surface area contributed by atoms with Crippen LogP contribution in [0.25, 0.3) is 0 Å². The summed E-state index contributed by atoms with van der Waals surface area (Å²) >= 11 is 1.57. The van der Waals surface area contributed by atoms with Gasteiger partial charge >= 0.3 is 0 Å². The molecule has 0 bridgehead atoms. The number of likely N-dealkylation sites (N-methyl/N-ethyl adjacent to an activating group) is 1. The monoisotopic (exact) mass is 254 g/mol. The van der Waals surface area contributed by atoms with E-state index in [9.17, 15) is 4.79 Å². The van der Waals surface area contributed by atoms with Crippen molar-refractivity contribution in [3.8, 4) is 0 Å². The maximum atomic E-state index is 10.7. The van der Waals surface area contributed by atoms with Crippen LogP contribution in [-0.2, 0) is 0 Å². The van der Waals surface area contributed by atoms with E-state index in [1.807, 2.05) is 12.1 Å². The fourth-order valence-corrected chi connectivity index (χ4v) is 2.49. The van der Waals surface area contributed by atoms with Gasteiger partial charge in [0.25, 0.3) is 0 Å². The van der Waals surface area contributed by atoms with E-state index in [2.05, 4.69) is 37.7 Å². The third kappa shape index (κ3) is 4.88. The summed E-state index contributed by atoms with van der Waals surface area (Å²) in [7, 11) is 4.16. The zero-order chi connectivity index (χ0) is 12.8. The minimum Gasteiger partial charge on any atom is -0.362 e. The molecule has 0 aliphatic heterocycles. The molecule has 0 aliphatic carbocycles. The number of anilines is 1. The Balaban J connectivity index is 2.70. The molecule has 0 amide bonds. The number of carbonyl (C=O) groups is 1. The highest BCUT2D eigenvalue weighted by Gasteiger charge is 2.11. The Morgan fingerprint density at radius 2 is 2.00 bits per heavy atom. The highest BCUT2D eigenvalue weighted by Crippen LogP contribution is 2.25. The first-order valence-electron chi connectivity index (χ1n) is 5.97. The number of carbonyl (C=O) groups excluding carboxylic acids is 1. The van der Waals surface area contributed by atoms with Gasteiger partial charge in [-0.1, -0.05) is 13.8 Å². The molecule has 1 aromatic rings. The van der Waals surface area contributed by atoms with Crippen molar-refractivity contribution in [3.05, 3.63) is 17.0 Å². The third-order valence-electron chi connectivity index (χ3n) is 2.44. The van der Waals surface area contributed by atoms with Crippen molar-refractivity contribution in [2.45, 2.75) is 13.8 Å². The molecule has 96 valence electrons. The van der Waals surface area contributed by atoms with Crippen LogP contribution in [0.2, 0.25) is 0 Å². The van der Waals surface area contributed by atoms with Gasteiger partial charge in [0.1, 0.15) is 0 Å². The summed E-state index contributed by atoms with van der Waals surface area (Å²) in [5.74, 6) is 0.624. The topological polar surface area (TPSA) is 23.6 Å². The first-order chi connectivity index (χ1) is 8.02. The summed E-state index contributed by atoms with van der Waals surface area (Å²) in [5.41, 5.74) is 0. The van der Waals surface area contributed by atoms with Crippen LogP contribution in [-0.4, -0.2) is 44.9 Å². The van der Waals surface area contributed by atoms with Crippen LogP contribution < -0.4 is 4.90 Å². The Kier molecular flexibility index (Phi) is 5.65. The molecular formula is C13H22N2OS. The van der Waals surface area contributed by atoms with Gasteiger partial charge in [-0.05, 0) is 32.1 Å². The summed E-state index contributed by atoms with van der Waals surface area (Å²) in [4.78, 5) is 16.1. The zero-order valence-electron chi connectivity index (χ0n) is 11.1. The van der Waals surface area contributed by atoms with Crippen LogP contribution >= 0.6 is 11.3 Å². The second-order valence-corrected chi connectivity index (χ2v) is 6.03. The quantitative estimate of drug-likeness (QED) is 0.699. The number of hydrogen-bond acceptors (Lipinski definition) is 4. The van der Waals surface area contributed by atoms with Crippen LogP contribution in [0.1, 0.15) is 23.5 Å². The van der Waals surface area contributed by atoms with Crippen molar-refractivity contribution in [2.24, 2.45) is 5.92 Å². The smallest absolute Gasteiger partial charge is 0.160 e. The molecule has 0 aromatic carbocycles. The van der Waals surface area contributed by atoms with Gasteiger partial charge in [-0.3, -0.25) is 4.79 Å². The lowest BCUT2D eigenvalue weighted by Gasteiger charge is -2.26. The SMILES string of the molecule is CC(C)CN(CCN(C)C)c1ccc(C=O)s1. The summed E-state index contributed by atoms with van der Waals surface area (Å²) in [6.45, 7) is 7.51.